The highest BCUT2D eigenvalue weighted by Gasteiger charge is 2.15. The van der Waals surface area contributed by atoms with Crippen LogP contribution in [0.25, 0.3) is 0 Å². The summed E-state index contributed by atoms with van der Waals surface area (Å²) in [6.07, 6.45) is 3.34. The minimum absolute atomic E-state index is 0.166. The molecule has 2 aromatic heterocycles. The third kappa shape index (κ3) is 4.49. The quantitative estimate of drug-likeness (QED) is 0.668. The van der Waals surface area contributed by atoms with Crippen LogP contribution < -0.4 is 20.1 Å². The first-order chi connectivity index (χ1) is 14.2. The lowest BCUT2D eigenvalue weighted by atomic mass is 10.2. The second kappa shape index (κ2) is 8.39. The number of pyridine rings is 2. The van der Waals surface area contributed by atoms with E-state index in [4.69, 9.17) is 9.47 Å². The van der Waals surface area contributed by atoms with E-state index in [-0.39, 0.29) is 30.0 Å². The Kier molecular flexibility index (Phi) is 5.33. The summed E-state index contributed by atoms with van der Waals surface area (Å²) in [7, 11) is 0. The van der Waals surface area contributed by atoms with Crippen LogP contribution in [0.2, 0.25) is 0 Å². The Bertz CT molecular complexity index is 1040. The molecule has 4 rings (SSSR count). The van der Waals surface area contributed by atoms with Crippen LogP contribution in [-0.4, -0.2) is 28.6 Å². The third-order valence-corrected chi connectivity index (χ3v) is 4.28. The van der Waals surface area contributed by atoms with E-state index >= 15 is 0 Å². The molecule has 0 atom stereocenters. The smallest absolute Gasteiger partial charge is 0.270 e. The molecule has 2 amide bonds. The molecule has 1 aromatic carbocycles. The number of benzene rings is 1. The first kappa shape index (κ1) is 18.4. The summed E-state index contributed by atoms with van der Waals surface area (Å²) < 4.78 is 10.6. The van der Waals surface area contributed by atoms with Gasteiger partial charge in [-0.05, 0) is 41.5 Å². The third-order valence-electron chi connectivity index (χ3n) is 4.28. The monoisotopic (exact) mass is 390 g/mol. The highest BCUT2D eigenvalue weighted by molar-refractivity contribution is 5.96. The Morgan fingerprint density at radius 1 is 0.862 bits per heavy atom. The van der Waals surface area contributed by atoms with Crippen LogP contribution >= 0.6 is 0 Å². The van der Waals surface area contributed by atoms with Crippen LogP contribution in [-0.2, 0) is 13.1 Å². The molecule has 2 N–H and O–H groups in total. The number of rotatable bonds is 6. The van der Waals surface area contributed by atoms with Gasteiger partial charge in [0.15, 0.2) is 11.5 Å². The summed E-state index contributed by atoms with van der Waals surface area (Å²) in [5.41, 5.74) is 2.08. The van der Waals surface area contributed by atoms with Crippen molar-refractivity contribution in [3.05, 3.63) is 83.4 Å². The van der Waals surface area contributed by atoms with E-state index in [9.17, 15) is 9.59 Å². The molecule has 3 heterocycles. The van der Waals surface area contributed by atoms with Crippen LogP contribution in [0.5, 0.6) is 11.5 Å². The van der Waals surface area contributed by atoms with Crippen molar-refractivity contribution in [1.29, 1.82) is 0 Å². The molecule has 0 spiro atoms. The van der Waals surface area contributed by atoms with Gasteiger partial charge in [0.1, 0.15) is 11.4 Å². The van der Waals surface area contributed by atoms with Crippen molar-refractivity contribution in [2.75, 3.05) is 6.79 Å². The number of hydrogen-bond acceptors (Lipinski definition) is 6. The maximum Gasteiger partial charge on any atom is 0.270 e. The molecule has 0 bridgehead atoms. The lowest BCUT2D eigenvalue weighted by Crippen LogP contribution is -2.27. The maximum atomic E-state index is 12.4. The fourth-order valence-corrected chi connectivity index (χ4v) is 2.79. The Labute approximate surface area is 166 Å². The normalized spacial score (nSPS) is 11.7. The highest BCUT2D eigenvalue weighted by Crippen LogP contribution is 2.32. The molecule has 0 unspecified atom stereocenters. The van der Waals surface area contributed by atoms with Gasteiger partial charge in [0.25, 0.3) is 11.8 Å². The zero-order valence-electron chi connectivity index (χ0n) is 15.4. The van der Waals surface area contributed by atoms with Gasteiger partial charge in [-0.15, -0.1) is 0 Å². The van der Waals surface area contributed by atoms with Gasteiger partial charge >= 0.3 is 0 Å². The van der Waals surface area contributed by atoms with Crippen LogP contribution in [0.4, 0.5) is 0 Å². The molecule has 29 heavy (non-hydrogen) atoms. The fraction of sp³-hybridized carbons (Fsp3) is 0.143. The van der Waals surface area contributed by atoms with Crippen molar-refractivity contribution in [2.45, 2.75) is 13.1 Å². The minimum Gasteiger partial charge on any atom is -0.454 e. The number of fused-ring (bicyclic) bond motifs is 1. The molecule has 0 fully saturated rings. The molecule has 8 nitrogen and oxygen atoms in total. The Balaban J connectivity index is 1.36. The molecule has 0 aliphatic carbocycles. The topological polar surface area (TPSA) is 102 Å². The highest BCUT2D eigenvalue weighted by atomic mass is 16.7. The first-order valence-corrected chi connectivity index (χ1v) is 9.00. The number of hydrogen-bond donors (Lipinski definition) is 2. The van der Waals surface area contributed by atoms with E-state index in [1.165, 1.54) is 0 Å². The minimum atomic E-state index is -0.371. The summed E-state index contributed by atoms with van der Waals surface area (Å²) in [6, 6.07) is 13.9. The van der Waals surface area contributed by atoms with Crippen LogP contribution in [0.1, 0.15) is 32.1 Å². The molecule has 0 saturated heterocycles. The summed E-state index contributed by atoms with van der Waals surface area (Å²) in [5.74, 6) is 0.609. The van der Waals surface area contributed by atoms with E-state index in [1.807, 2.05) is 18.2 Å². The molecule has 1 aliphatic rings. The largest absolute Gasteiger partial charge is 0.454 e. The first-order valence-electron chi connectivity index (χ1n) is 9.00. The molecular formula is C21H18N4O4. The predicted octanol–water partition coefficient (Wildman–Crippen LogP) is 2.07. The second-order valence-electron chi connectivity index (χ2n) is 6.32. The van der Waals surface area contributed by atoms with E-state index < -0.39 is 0 Å². The van der Waals surface area contributed by atoms with Crippen molar-refractivity contribution >= 4 is 11.8 Å². The van der Waals surface area contributed by atoms with Gasteiger partial charge in [0, 0.05) is 25.5 Å². The number of nitrogens with zero attached hydrogens (tertiary/aromatic N) is 2. The number of carbonyl (C=O) groups excluding carboxylic acids is 2. The number of nitrogens with one attached hydrogen (secondary N) is 2. The van der Waals surface area contributed by atoms with Gasteiger partial charge in [-0.1, -0.05) is 18.2 Å². The zero-order valence-corrected chi connectivity index (χ0v) is 15.4. The fourth-order valence-electron chi connectivity index (χ4n) is 2.79. The zero-order chi connectivity index (χ0) is 20.1. The molecule has 8 heteroatoms. The number of ether oxygens (including phenoxy) is 2. The van der Waals surface area contributed by atoms with Crippen LogP contribution in [0.3, 0.4) is 0 Å². The van der Waals surface area contributed by atoms with Crippen molar-refractivity contribution in [1.82, 2.24) is 20.6 Å². The number of aromatic nitrogens is 2. The number of carbonyl (C=O) groups is 2. The summed E-state index contributed by atoms with van der Waals surface area (Å²) in [6.45, 7) is 0.828. The standard InChI is InChI=1S/C21H18N4O4/c26-20(23-11-14-6-7-18-19(9-14)29-13-28-18)16-4-1-5-17(25-16)21(27)24-12-15-3-2-8-22-10-15/h1-10H,11-13H2,(H,23,26)(H,24,27). The van der Waals surface area contributed by atoms with Gasteiger partial charge < -0.3 is 20.1 Å². The van der Waals surface area contributed by atoms with Crippen molar-refractivity contribution in [3.63, 3.8) is 0 Å². The number of amides is 2. The van der Waals surface area contributed by atoms with Crippen LogP contribution in [0, 0.1) is 0 Å². The molecule has 3 aromatic rings. The predicted molar refractivity (Wildman–Crippen MR) is 103 cm³/mol. The Hall–Kier alpha value is -3.94. The Morgan fingerprint density at radius 3 is 2.31 bits per heavy atom. The lowest BCUT2D eigenvalue weighted by molar-refractivity contribution is 0.0941. The second-order valence-corrected chi connectivity index (χ2v) is 6.32. The van der Waals surface area contributed by atoms with Crippen molar-refractivity contribution in [3.8, 4) is 11.5 Å². The lowest BCUT2D eigenvalue weighted by Gasteiger charge is -2.08. The van der Waals surface area contributed by atoms with Gasteiger partial charge in [-0.2, -0.15) is 0 Å². The van der Waals surface area contributed by atoms with Crippen molar-refractivity contribution in [2.24, 2.45) is 0 Å². The molecule has 146 valence electrons. The van der Waals surface area contributed by atoms with Gasteiger partial charge in [0.05, 0.1) is 0 Å². The van der Waals surface area contributed by atoms with Gasteiger partial charge in [0.2, 0.25) is 6.79 Å². The van der Waals surface area contributed by atoms with E-state index in [1.54, 1.807) is 42.7 Å². The summed E-state index contributed by atoms with van der Waals surface area (Å²) >= 11 is 0. The van der Waals surface area contributed by atoms with Crippen molar-refractivity contribution < 1.29 is 19.1 Å². The SMILES string of the molecule is O=C(NCc1cccnc1)c1cccc(C(=O)NCc2ccc3c(c2)OCO3)n1. The van der Waals surface area contributed by atoms with Gasteiger partial charge in [-0.3, -0.25) is 14.6 Å². The molecule has 1 aliphatic heterocycles. The summed E-state index contributed by atoms with van der Waals surface area (Å²) in [5, 5.41) is 5.56. The average molecular weight is 390 g/mol. The molecular weight excluding hydrogens is 372 g/mol. The van der Waals surface area contributed by atoms with Gasteiger partial charge in [-0.25, -0.2) is 4.98 Å². The van der Waals surface area contributed by atoms with E-state index in [0.29, 0.717) is 24.6 Å². The van der Waals surface area contributed by atoms with E-state index in [2.05, 4.69) is 20.6 Å². The Morgan fingerprint density at radius 2 is 1.59 bits per heavy atom. The average Bonchev–Trinajstić information content (AvgIpc) is 3.24. The van der Waals surface area contributed by atoms with E-state index in [0.717, 1.165) is 11.1 Å². The van der Waals surface area contributed by atoms with Crippen LogP contribution in [0.15, 0.2) is 60.9 Å². The molecule has 0 radical (unpaired) electrons. The summed E-state index contributed by atoms with van der Waals surface area (Å²) in [4.78, 5) is 32.9. The molecule has 0 saturated carbocycles. The maximum absolute atomic E-state index is 12.4.